The minimum Gasteiger partial charge on any atom is -0.395 e. The van der Waals surface area contributed by atoms with Crippen LogP contribution in [0.3, 0.4) is 0 Å². The highest BCUT2D eigenvalue weighted by Crippen LogP contribution is 2.37. The SMILES string of the molecule is COC(COP(NCc1ccccc1)OCCSC(=O)C(C)(C)CO)C(O)C(C)(O)C(C)n1cnc2c(=O)[nH]c(N)nc21. The normalized spacial score (nSPS) is 16.5. The van der Waals surface area contributed by atoms with Crippen molar-refractivity contribution in [3.05, 3.63) is 52.6 Å². The average Bonchev–Trinajstić information content (AvgIpc) is 3.41. The molecule has 16 heteroatoms. The minimum absolute atomic E-state index is 0.0463. The van der Waals surface area contributed by atoms with Gasteiger partial charge in [0.2, 0.25) is 5.95 Å². The number of nitrogen functional groups attached to an aromatic ring is 1. The van der Waals surface area contributed by atoms with Crippen LogP contribution in [0.4, 0.5) is 5.95 Å². The number of benzene rings is 1. The second-order valence-electron chi connectivity index (χ2n) is 10.8. The summed E-state index contributed by atoms with van der Waals surface area (Å²) in [7, 11) is -0.315. The number of carbonyl (C=O) groups excluding carboxylic acids is 1. The maximum atomic E-state index is 12.3. The molecule has 43 heavy (non-hydrogen) atoms. The van der Waals surface area contributed by atoms with Gasteiger partial charge < -0.3 is 39.4 Å². The van der Waals surface area contributed by atoms with Gasteiger partial charge in [-0.2, -0.15) is 4.98 Å². The number of methoxy groups -OCH3 is 1. The summed E-state index contributed by atoms with van der Waals surface area (Å²) in [4.78, 5) is 35.1. The van der Waals surface area contributed by atoms with Crippen LogP contribution in [0.5, 0.6) is 0 Å². The maximum absolute atomic E-state index is 12.3. The van der Waals surface area contributed by atoms with Gasteiger partial charge in [0.15, 0.2) is 16.3 Å². The first-order chi connectivity index (χ1) is 20.3. The lowest BCUT2D eigenvalue weighted by Gasteiger charge is -2.38. The molecule has 0 saturated heterocycles. The van der Waals surface area contributed by atoms with Gasteiger partial charge in [0, 0.05) is 19.4 Å². The van der Waals surface area contributed by atoms with Crippen molar-refractivity contribution in [1.29, 1.82) is 0 Å². The Labute approximate surface area is 255 Å². The third-order valence-corrected chi connectivity index (χ3v) is 9.45. The molecule has 2 aromatic heterocycles. The Hall–Kier alpha value is -2.46. The molecular weight excluding hydrogens is 599 g/mol. The number of aromatic nitrogens is 4. The van der Waals surface area contributed by atoms with E-state index in [1.807, 2.05) is 30.3 Å². The largest absolute Gasteiger partial charge is 0.395 e. The van der Waals surface area contributed by atoms with Crippen LogP contribution in [-0.2, 0) is 25.1 Å². The lowest BCUT2D eigenvalue weighted by atomic mass is 9.88. The molecule has 0 saturated carbocycles. The Morgan fingerprint density at radius 3 is 2.60 bits per heavy atom. The van der Waals surface area contributed by atoms with Crippen LogP contribution >= 0.6 is 20.3 Å². The Bertz CT molecular complexity index is 1390. The molecule has 0 amide bonds. The number of thioether (sulfide) groups is 1. The van der Waals surface area contributed by atoms with Crippen LogP contribution in [0.25, 0.3) is 11.2 Å². The van der Waals surface area contributed by atoms with Gasteiger partial charge in [0.1, 0.15) is 17.8 Å². The van der Waals surface area contributed by atoms with Crippen LogP contribution < -0.4 is 16.4 Å². The highest BCUT2D eigenvalue weighted by atomic mass is 32.2. The molecule has 2 heterocycles. The lowest BCUT2D eigenvalue weighted by molar-refractivity contribution is -0.151. The first-order valence-electron chi connectivity index (χ1n) is 13.6. The first-order valence-corrected chi connectivity index (χ1v) is 15.7. The van der Waals surface area contributed by atoms with E-state index in [0.717, 1.165) is 17.3 Å². The number of fused-ring (bicyclic) bond motifs is 1. The van der Waals surface area contributed by atoms with Crippen molar-refractivity contribution in [3.63, 3.8) is 0 Å². The fraction of sp³-hybridized carbons (Fsp3) is 0.556. The van der Waals surface area contributed by atoms with Gasteiger partial charge >= 0.3 is 0 Å². The van der Waals surface area contributed by atoms with Crippen LogP contribution in [-0.4, -0.2) is 90.4 Å². The summed E-state index contributed by atoms with van der Waals surface area (Å²) in [5.74, 6) is 0.242. The molecule has 5 atom stereocenters. The summed E-state index contributed by atoms with van der Waals surface area (Å²) in [5, 5.41) is 35.2. The Morgan fingerprint density at radius 2 is 1.95 bits per heavy atom. The molecule has 0 bridgehead atoms. The van der Waals surface area contributed by atoms with E-state index in [1.54, 1.807) is 20.8 Å². The number of nitrogens with one attached hydrogen (secondary N) is 2. The van der Waals surface area contributed by atoms with Crippen molar-refractivity contribution in [2.24, 2.45) is 5.41 Å². The molecule has 0 aliphatic heterocycles. The number of nitrogens with zero attached hydrogens (tertiary/aromatic N) is 3. The molecule has 5 unspecified atom stereocenters. The van der Waals surface area contributed by atoms with Gasteiger partial charge in [0.25, 0.3) is 14.1 Å². The molecule has 14 nitrogen and oxygen atoms in total. The summed E-state index contributed by atoms with van der Waals surface area (Å²) in [6.45, 7) is 6.65. The van der Waals surface area contributed by atoms with Gasteiger partial charge in [0.05, 0.1) is 37.6 Å². The fourth-order valence-electron chi connectivity index (χ4n) is 3.96. The zero-order valence-electron chi connectivity index (χ0n) is 24.9. The van der Waals surface area contributed by atoms with Crippen molar-refractivity contribution in [2.75, 3.05) is 38.4 Å². The van der Waals surface area contributed by atoms with Crippen molar-refractivity contribution < 1.29 is 33.9 Å². The second-order valence-corrected chi connectivity index (χ2v) is 13.2. The molecule has 3 aromatic rings. The number of aliphatic hydroxyl groups excluding tert-OH is 2. The van der Waals surface area contributed by atoms with Crippen LogP contribution in [0.15, 0.2) is 41.5 Å². The van der Waals surface area contributed by atoms with Gasteiger partial charge in [-0.05, 0) is 33.3 Å². The number of hydrogen-bond acceptors (Lipinski definition) is 13. The number of aliphatic hydroxyl groups is 3. The zero-order valence-corrected chi connectivity index (χ0v) is 26.6. The van der Waals surface area contributed by atoms with E-state index >= 15 is 0 Å². The number of H-pyrrole nitrogens is 1. The number of ether oxygens (including phenoxy) is 1. The van der Waals surface area contributed by atoms with Crippen LogP contribution in [0.1, 0.15) is 39.3 Å². The summed E-state index contributed by atoms with van der Waals surface area (Å²) >= 11 is 1.07. The predicted molar refractivity (Wildman–Crippen MR) is 165 cm³/mol. The lowest BCUT2D eigenvalue weighted by Crippen LogP contribution is -2.53. The number of aromatic amines is 1. The van der Waals surface area contributed by atoms with Crippen molar-refractivity contribution in [3.8, 4) is 0 Å². The average molecular weight is 641 g/mol. The predicted octanol–water partition coefficient (Wildman–Crippen LogP) is 1.72. The third-order valence-electron chi connectivity index (χ3n) is 7.05. The third kappa shape index (κ3) is 9.03. The van der Waals surface area contributed by atoms with Crippen molar-refractivity contribution in [2.45, 2.75) is 58.1 Å². The van der Waals surface area contributed by atoms with E-state index in [4.69, 9.17) is 19.5 Å². The summed E-state index contributed by atoms with van der Waals surface area (Å²) < 4.78 is 18.9. The molecule has 1 aromatic carbocycles. The Kier molecular flexibility index (Phi) is 12.6. The fourth-order valence-corrected chi connectivity index (χ4v) is 5.99. The molecule has 0 aliphatic rings. The smallest absolute Gasteiger partial charge is 0.280 e. The highest BCUT2D eigenvalue weighted by Gasteiger charge is 2.43. The van der Waals surface area contributed by atoms with Crippen LogP contribution in [0, 0.1) is 5.41 Å². The topological polar surface area (TPSA) is 207 Å². The molecule has 238 valence electrons. The van der Waals surface area contributed by atoms with Gasteiger partial charge in [-0.25, -0.2) is 10.1 Å². The van der Waals surface area contributed by atoms with Gasteiger partial charge in [-0.15, -0.1) is 0 Å². The summed E-state index contributed by atoms with van der Waals surface area (Å²) in [6, 6.07) is 8.82. The Balaban J connectivity index is 1.68. The number of nitrogens with two attached hydrogens (primary N) is 1. The van der Waals surface area contributed by atoms with E-state index in [0.29, 0.717) is 12.3 Å². The van der Waals surface area contributed by atoms with E-state index in [2.05, 4.69) is 20.0 Å². The van der Waals surface area contributed by atoms with E-state index < -0.39 is 43.4 Å². The monoisotopic (exact) mass is 640 g/mol. The molecule has 3 rings (SSSR count). The summed E-state index contributed by atoms with van der Waals surface area (Å²) in [6.07, 6.45) is -1.09. The van der Waals surface area contributed by atoms with Crippen LogP contribution in [0.2, 0.25) is 0 Å². The Morgan fingerprint density at radius 1 is 1.26 bits per heavy atom. The molecule has 0 radical (unpaired) electrons. The zero-order chi connectivity index (χ0) is 31.8. The molecule has 0 spiro atoms. The second kappa shape index (κ2) is 15.5. The summed E-state index contributed by atoms with van der Waals surface area (Å²) in [5.41, 5.74) is 3.74. The minimum atomic E-state index is -1.80. The molecule has 0 fully saturated rings. The quantitative estimate of drug-likeness (QED) is 0.0919. The van der Waals surface area contributed by atoms with E-state index in [-0.39, 0.29) is 42.0 Å². The molecular formula is C27H41N6O8PS. The standard InChI is InChI=1S/C27H41N6O8PS/c1-17(33-16-29-20-22(33)31-25(28)32-23(20)36)27(4,38)21(35)19(39-5)14-41-42(30-13-18-9-7-6-8-10-18)40-11-12-43-24(37)26(2,3)15-34/h6-10,16-17,19,21,30,34-35,38H,11-15H2,1-5H3,(H3,28,31,32,36). The number of imidazole rings is 1. The van der Waals surface area contributed by atoms with E-state index in [9.17, 15) is 24.9 Å². The number of rotatable bonds is 17. The van der Waals surface area contributed by atoms with Gasteiger partial charge in [-0.3, -0.25) is 14.6 Å². The number of hydrogen-bond donors (Lipinski definition) is 6. The highest BCUT2D eigenvalue weighted by molar-refractivity contribution is 8.13. The first kappa shape index (κ1) is 35.0. The number of anilines is 1. The molecule has 0 aliphatic carbocycles. The number of carbonyl (C=O) groups is 1. The maximum Gasteiger partial charge on any atom is 0.280 e. The van der Waals surface area contributed by atoms with Crippen molar-refractivity contribution >= 4 is 42.5 Å². The molecule has 7 N–H and O–H groups in total. The van der Waals surface area contributed by atoms with E-state index in [1.165, 1.54) is 24.9 Å². The van der Waals surface area contributed by atoms with Crippen molar-refractivity contribution in [1.82, 2.24) is 24.6 Å². The van der Waals surface area contributed by atoms with Gasteiger partial charge in [-0.1, -0.05) is 42.1 Å².